The maximum absolute atomic E-state index is 14.1. The Bertz CT molecular complexity index is 1870. The van der Waals surface area contributed by atoms with Crippen molar-refractivity contribution in [1.82, 2.24) is 26.2 Å². The SMILES string of the molecule is C[C@@H]1NC(=O)[C@H](Cc2ccccc2)NC(=O)[C@H](C)NC(=O)C2(CCN(C(=O)CCS(=O)(=O)c3ccccc3)CC2)Oc2ccc(cc2)OCCNC1=O. The summed E-state index contributed by atoms with van der Waals surface area (Å²) < 4.78 is 37.7. The number of piperidine rings is 1. The number of benzene rings is 3. The highest BCUT2D eigenvalue weighted by atomic mass is 32.2. The number of likely N-dealkylation sites (tertiary alicyclic amines) is 1. The minimum absolute atomic E-state index is 0.0548. The highest BCUT2D eigenvalue weighted by Gasteiger charge is 2.46. The van der Waals surface area contributed by atoms with Crippen molar-refractivity contribution in [3.05, 3.63) is 90.5 Å². The van der Waals surface area contributed by atoms with Crippen LogP contribution >= 0.6 is 0 Å². The van der Waals surface area contributed by atoms with Gasteiger partial charge in [0.15, 0.2) is 15.4 Å². The molecule has 0 aromatic heterocycles. The fraction of sp³-hybridized carbons (Fsp3) is 0.395. The number of hydrogen-bond acceptors (Lipinski definition) is 9. The molecular weight excluding hydrogens is 703 g/mol. The normalized spacial score (nSPS) is 21.6. The van der Waals surface area contributed by atoms with Crippen molar-refractivity contribution in [3.63, 3.8) is 0 Å². The maximum Gasteiger partial charge on any atom is 0.264 e. The van der Waals surface area contributed by atoms with E-state index in [4.69, 9.17) is 9.47 Å². The number of fused-ring (bicyclic) bond motifs is 15. The molecule has 2 bridgehead atoms. The lowest BCUT2D eigenvalue weighted by molar-refractivity contribution is -0.147. The van der Waals surface area contributed by atoms with Crippen LogP contribution in [0.5, 0.6) is 11.5 Å². The molecule has 3 aliphatic rings. The predicted molar refractivity (Wildman–Crippen MR) is 195 cm³/mol. The fourth-order valence-corrected chi connectivity index (χ4v) is 7.32. The third-order valence-electron chi connectivity index (χ3n) is 9.24. The first-order valence-electron chi connectivity index (χ1n) is 17.6. The third kappa shape index (κ3) is 10.3. The van der Waals surface area contributed by atoms with Crippen LogP contribution in [-0.4, -0.2) is 98.6 Å². The molecule has 5 amide bonds. The van der Waals surface area contributed by atoms with Gasteiger partial charge in [-0.25, -0.2) is 8.42 Å². The molecule has 0 saturated carbocycles. The van der Waals surface area contributed by atoms with Gasteiger partial charge in [-0.15, -0.1) is 0 Å². The van der Waals surface area contributed by atoms with Gasteiger partial charge in [0, 0.05) is 38.8 Å². The molecule has 3 atom stereocenters. The first-order valence-corrected chi connectivity index (χ1v) is 19.2. The number of carbonyl (C=O) groups is 5. The van der Waals surface area contributed by atoms with E-state index in [0.717, 1.165) is 5.56 Å². The van der Waals surface area contributed by atoms with E-state index >= 15 is 0 Å². The minimum Gasteiger partial charge on any atom is -0.492 e. The smallest absolute Gasteiger partial charge is 0.264 e. The predicted octanol–water partition coefficient (Wildman–Crippen LogP) is 1.54. The lowest BCUT2D eigenvalue weighted by Crippen LogP contribution is -2.61. The number of amides is 5. The molecule has 15 heteroatoms. The molecule has 3 heterocycles. The zero-order valence-corrected chi connectivity index (χ0v) is 30.5. The molecule has 3 aromatic carbocycles. The Labute approximate surface area is 308 Å². The molecule has 1 fully saturated rings. The van der Waals surface area contributed by atoms with E-state index in [9.17, 15) is 32.4 Å². The summed E-state index contributed by atoms with van der Waals surface area (Å²) in [6, 6.07) is 20.5. The van der Waals surface area contributed by atoms with Crippen molar-refractivity contribution in [2.24, 2.45) is 0 Å². The van der Waals surface area contributed by atoms with E-state index in [1.165, 1.54) is 30.9 Å². The molecule has 0 aliphatic carbocycles. The first-order chi connectivity index (χ1) is 25.3. The van der Waals surface area contributed by atoms with Crippen LogP contribution in [0.2, 0.25) is 0 Å². The highest BCUT2D eigenvalue weighted by molar-refractivity contribution is 7.91. The van der Waals surface area contributed by atoms with Crippen LogP contribution in [0.25, 0.3) is 0 Å². The number of nitrogens with one attached hydrogen (secondary N) is 4. The highest BCUT2D eigenvalue weighted by Crippen LogP contribution is 2.31. The first kappa shape index (κ1) is 38.8. The average molecular weight is 748 g/mol. The van der Waals surface area contributed by atoms with Crippen molar-refractivity contribution in [2.45, 2.75) is 68.2 Å². The standard InChI is InChI=1S/C38H45N5O9S/c1-26-34(45)39-20-23-51-29-13-15-30(16-14-29)52-38(18-21-43(22-19-38)33(44)17-24-53(49,50)31-11-7-4-8-12-31)37(48)41-27(2)35(46)42-32(36(47)40-26)25-28-9-5-3-6-10-28/h3-16,26-27,32H,17-25H2,1-2H3,(H,39,45)(H,40,47)(H,41,48)(H,42,46)/t26-,27-,32-/m0/s1. The van der Waals surface area contributed by atoms with E-state index < -0.39 is 57.2 Å². The molecule has 0 unspecified atom stereocenters. The second kappa shape index (κ2) is 17.4. The number of rotatable bonds is 6. The monoisotopic (exact) mass is 747 g/mol. The van der Waals surface area contributed by atoms with Gasteiger partial charge >= 0.3 is 0 Å². The largest absolute Gasteiger partial charge is 0.492 e. The summed E-state index contributed by atoms with van der Waals surface area (Å²) in [5.41, 5.74) is -0.726. The van der Waals surface area contributed by atoms with Gasteiger partial charge in [-0.3, -0.25) is 24.0 Å². The number of hydrogen-bond donors (Lipinski definition) is 4. The number of ether oxygens (including phenoxy) is 2. The van der Waals surface area contributed by atoms with Gasteiger partial charge < -0.3 is 35.6 Å². The summed E-state index contributed by atoms with van der Waals surface area (Å²) in [6.07, 6.45) is 0.00893. The third-order valence-corrected chi connectivity index (χ3v) is 11.0. The number of nitrogens with zero attached hydrogens (tertiary/aromatic N) is 1. The molecule has 1 saturated heterocycles. The summed E-state index contributed by atoms with van der Waals surface area (Å²) in [6.45, 7) is 3.52. The summed E-state index contributed by atoms with van der Waals surface area (Å²) >= 11 is 0. The van der Waals surface area contributed by atoms with Gasteiger partial charge in [0.1, 0.15) is 36.2 Å². The molecule has 3 aromatic rings. The van der Waals surface area contributed by atoms with Gasteiger partial charge in [0.2, 0.25) is 23.6 Å². The van der Waals surface area contributed by atoms with Gasteiger partial charge in [0.05, 0.1) is 17.2 Å². The van der Waals surface area contributed by atoms with Crippen molar-refractivity contribution in [3.8, 4) is 11.5 Å². The van der Waals surface area contributed by atoms with E-state index in [1.807, 2.05) is 18.2 Å². The van der Waals surface area contributed by atoms with Crippen LogP contribution < -0.4 is 30.7 Å². The van der Waals surface area contributed by atoms with Crippen LogP contribution in [-0.2, 0) is 40.2 Å². The molecule has 282 valence electrons. The minimum atomic E-state index is -3.67. The van der Waals surface area contributed by atoms with Crippen molar-refractivity contribution in [2.75, 3.05) is 32.0 Å². The van der Waals surface area contributed by atoms with Gasteiger partial charge in [-0.1, -0.05) is 48.5 Å². The molecule has 4 N–H and O–H groups in total. The topological polar surface area (TPSA) is 189 Å². The average Bonchev–Trinajstić information content (AvgIpc) is 3.16. The Morgan fingerprint density at radius 2 is 1.38 bits per heavy atom. The van der Waals surface area contributed by atoms with Crippen LogP contribution in [0.3, 0.4) is 0 Å². The van der Waals surface area contributed by atoms with Gasteiger partial charge in [-0.2, -0.15) is 0 Å². The van der Waals surface area contributed by atoms with E-state index in [2.05, 4.69) is 21.3 Å². The Balaban J connectivity index is 1.33. The summed E-state index contributed by atoms with van der Waals surface area (Å²) in [5, 5.41) is 10.9. The van der Waals surface area contributed by atoms with Crippen molar-refractivity contribution >= 4 is 39.4 Å². The van der Waals surface area contributed by atoms with Gasteiger partial charge in [0.25, 0.3) is 5.91 Å². The molecule has 3 aliphatic heterocycles. The second-order valence-corrected chi connectivity index (χ2v) is 15.3. The van der Waals surface area contributed by atoms with Crippen LogP contribution in [0, 0.1) is 0 Å². The molecule has 14 nitrogen and oxygen atoms in total. The molecular formula is C38H45N5O9S. The lowest BCUT2D eigenvalue weighted by Gasteiger charge is -2.41. The number of carbonyl (C=O) groups excluding carboxylic acids is 5. The van der Waals surface area contributed by atoms with Gasteiger partial charge in [-0.05, 0) is 55.8 Å². The van der Waals surface area contributed by atoms with E-state index in [0.29, 0.717) is 11.5 Å². The van der Waals surface area contributed by atoms with Crippen molar-refractivity contribution in [1.29, 1.82) is 0 Å². The van der Waals surface area contributed by atoms with Crippen LogP contribution in [0.1, 0.15) is 38.7 Å². The molecule has 53 heavy (non-hydrogen) atoms. The Morgan fingerprint density at radius 1 is 0.774 bits per heavy atom. The summed E-state index contributed by atoms with van der Waals surface area (Å²) in [4.78, 5) is 68.6. The molecule has 0 radical (unpaired) electrons. The summed E-state index contributed by atoms with van der Waals surface area (Å²) in [7, 11) is -3.67. The Morgan fingerprint density at radius 3 is 2.04 bits per heavy atom. The Hall–Kier alpha value is -5.44. The lowest BCUT2D eigenvalue weighted by atomic mass is 9.89. The maximum atomic E-state index is 14.1. The molecule has 1 spiro atoms. The van der Waals surface area contributed by atoms with E-state index in [-0.39, 0.29) is 68.5 Å². The zero-order chi connectivity index (χ0) is 38.0. The van der Waals surface area contributed by atoms with E-state index in [1.54, 1.807) is 54.6 Å². The fourth-order valence-electron chi connectivity index (χ4n) is 6.07. The zero-order valence-electron chi connectivity index (χ0n) is 29.7. The molecule has 6 rings (SSSR count). The second-order valence-electron chi connectivity index (χ2n) is 13.1. The van der Waals surface area contributed by atoms with Crippen LogP contribution in [0.15, 0.2) is 89.8 Å². The quantitative estimate of drug-likeness (QED) is 0.271. The van der Waals surface area contributed by atoms with Crippen LogP contribution in [0.4, 0.5) is 0 Å². The number of sulfone groups is 1. The summed E-state index contributed by atoms with van der Waals surface area (Å²) in [5.74, 6) is -2.13. The van der Waals surface area contributed by atoms with Crippen molar-refractivity contribution < 1.29 is 41.9 Å². The Kier molecular flexibility index (Phi) is 12.7.